The zero-order valence-electron chi connectivity index (χ0n) is 22.5. The Hall–Kier alpha value is -4.22. The number of rotatable bonds is 11. The van der Waals surface area contributed by atoms with E-state index in [0.717, 1.165) is 61.1 Å². The highest BCUT2D eigenvalue weighted by Gasteiger charge is 2.40. The summed E-state index contributed by atoms with van der Waals surface area (Å²) in [5, 5.41) is 38.2. The summed E-state index contributed by atoms with van der Waals surface area (Å²) < 4.78 is 0. The first kappa shape index (κ1) is 28.8. The number of hydrogen-bond acceptors (Lipinski definition) is 8. The molecule has 10 heteroatoms. The van der Waals surface area contributed by atoms with E-state index >= 15 is 0 Å². The third-order valence-corrected chi connectivity index (χ3v) is 9.52. The van der Waals surface area contributed by atoms with Gasteiger partial charge in [0.15, 0.2) is 0 Å². The van der Waals surface area contributed by atoms with Crippen LogP contribution in [0.15, 0.2) is 23.3 Å². The molecule has 0 aliphatic carbocycles. The van der Waals surface area contributed by atoms with Crippen molar-refractivity contribution in [3.05, 3.63) is 33.0 Å². The molecule has 4 rings (SSSR count). The number of carbonyl (C=O) groups excluding carboxylic acids is 2. The Morgan fingerprint density at radius 3 is 1.35 bits per heavy atom. The molecule has 4 heterocycles. The van der Waals surface area contributed by atoms with E-state index in [9.17, 15) is 30.6 Å². The first-order chi connectivity index (χ1) is 19.4. The number of anilines is 2. The molecule has 2 amide bonds. The van der Waals surface area contributed by atoms with Gasteiger partial charge in [0.05, 0.1) is 32.3 Å². The van der Waals surface area contributed by atoms with Gasteiger partial charge in [0, 0.05) is 22.8 Å². The Morgan fingerprint density at radius 2 is 1.02 bits per heavy atom. The van der Waals surface area contributed by atoms with E-state index in [4.69, 9.17) is 0 Å². The fraction of sp³-hybridized carbons (Fsp3) is 0.400. The first-order valence-corrected chi connectivity index (χ1v) is 15.1. The van der Waals surface area contributed by atoms with E-state index in [2.05, 4.69) is 13.8 Å². The van der Waals surface area contributed by atoms with Crippen LogP contribution in [0.25, 0.3) is 20.9 Å². The van der Waals surface area contributed by atoms with Crippen LogP contribution in [0.2, 0.25) is 0 Å². The van der Waals surface area contributed by atoms with Gasteiger partial charge in [0.25, 0.3) is 11.8 Å². The normalized spacial score (nSPS) is 13.6. The molecule has 2 aromatic heterocycles. The fourth-order valence-corrected chi connectivity index (χ4v) is 7.48. The lowest BCUT2D eigenvalue weighted by Crippen LogP contribution is -2.27. The Bertz CT molecular complexity index is 1430. The topological polar surface area (TPSA) is 136 Å². The number of hydrogen-bond donors (Lipinski definition) is 0. The van der Waals surface area contributed by atoms with Crippen LogP contribution in [0, 0.1) is 45.3 Å². The number of fused-ring (bicyclic) bond motifs is 2. The summed E-state index contributed by atoms with van der Waals surface area (Å²) >= 11 is 2.67. The summed E-state index contributed by atoms with van der Waals surface area (Å²) in [6.45, 7) is 5.23. The van der Waals surface area contributed by atoms with Crippen molar-refractivity contribution in [2.24, 2.45) is 0 Å². The zero-order chi connectivity index (χ0) is 28.8. The summed E-state index contributed by atoms with van der Waals surface area (Å²) in [7, 11) is 0. The minimum Gasteiger partial charge on any atom is -0.307 e. The molecule has 0 saturated heterocycles. The predicted octanol–water partition coefficient (Wildman–Crippen LogP) is 6.93. The van der Waals surface area contributed by atoms with Gasteiger partial charge in [-0.2, -0.15) is 21.0 Å². The molecule has 2 aliphatic rings. The van der Waals surface area contributed by atoms with Crippen LogP contribution in [-0.4, -0.2) is 24.9 Å². The van der Waals surface area contributed by atoms with Crippen LogP contribution in [0.5, 0.6) is 0 Å². The lowest BCUT2D eigenvalue weighted by molar-refractivity contribution is -0.113. The molecule has 202 valence electrons. The smallest absolute Gasteiger partial charge is 0.261 e. The van der Waals surface area contributed by atoms with Crippen LogP contribution < -0.4 is 9.80 Å². The van der Waals surface area contributed by atoms with Crippen LogP contribution in [0.1, 0.15) is 75.0 Å². The van der Waals surface area contributed by atoms with E-state index < -0.39 is 0 Å². The van der Waals surface area contributed by atoms with Crippen molar-refractivity contribution in [2.45, 2.75) is 65.2 Å². The van der Waals surface area contributed by atoms with Crippen molar-refractivity contribution in [3.8, 4) is 34.0 Å². The monoisotopic (exact) mass is 568 g/mol. The molecule has 0 spiro atoms. The molecule has 0 bridgehead atoms. The van der Waals surface area contributed by atoms with Crippen LogP contribution in [0.4, 0.5) is 11.4 Å². The molecular weight excluding hydrogens is 541 g/mol. The van der Waals surface area contributed by atoms with Crippen LogP contribution >= 0.6 is 22.7 Å². The molecule has 0 unspecified atom stereocenters. The molecule has 40 heavy (non-hydrogen) atoms. The molecule has 8 nitrogen and oxygen atoms in total. The van der Waals surface area contributed by atoms with Gasteiger partial charge in [-0.05, 0) is 25.0 Å². The summed E-state index contributed by atoms with van der Waals surface area (Å²) in [5.74, 6) is -0.643. The summed E-state index contributed by atoms with van der Waals surface area (Å²) in [5.41, 5.74) is 1.25. The van der Waals surface area contributed by atoms with E-state index in [1.54, 1.807) is 9.80 Å². The van der Waals surface area contributed by atoms with Crippen LogP contribution in [0.3, 0.4) is 0 Å². The fourth-order valence-electron chi connectivity index (χ4n) is 5.00. The van der Waals surface area contributed by atoms with Crippen molar-refractivity contribution in [3.63, 3.8) is 0 Å². The van der Waals surface area contributed by atoms with Crippen molar-refractivity contribution >= 4 is 57.0 Å². The lowest BCUT2D eigenvalue weighted by atomic mass is 10.1. The Balaban J connectivity index is 1.78. The molecule has 0 atom stereocenters. The second-order valence-corrected chi connectivity index (χ2v) is 11.7. The lowest BCUT2D eigenvalue weighted by Gasteiger charge is -2.16. The number of nitrogens with zero attached hydrogens (tertiary/aromatic N) is 6. The number of thiophene rings is 2. The van der Waals surface area contributed by atoms with Gasteiger partial charge in [-0.15, -0.1) is 22.7 Å². The molecular formula is C30H28N6O2S2. The third-order valence-electron chi connectivity index (χ3n) is 7.04. The Kier molecular flexibility index (Phi) is 9.18. The Labute approximate surface area is 242 Å². The zero-order valence-corrected chi connectivity index (χ0v) is 24.2. The number of carbonyl (C=O) groups is 2. The maximum atomic E-state index is 13.3. The van der Waals surface area contributed by atoms with Gasteiger partial charge < -0.3 is 9.80 Å². The van der Waals surface area contributed by atoms with Gasteiger partial charge in [-0.25, -0.2) is 0 Å². The average molecular weight is 569 g/mol. The van der Waals surface area contributed by atoms with E-state index in [1.165, 1.54) is 22.7 Å². The van der Waals surface area contributed by atoms with Gasteiger partial charge in [0.1, 0.15) is 35.4 Å². The van der Waals surface area contributed by atoms with Crippen molar-refractivity contribution in [1.29, 1.82) is 21.0 Å². The predicted molar refractivity (Wildman–Crippen MR) is 157 cm³/mol. The van der Waals surface area contributed by atoms with Gasteiger partial charge in [-0.3, -0.25) is 9.59 Å². The van der Waals surface area contributed by atoms with E-state index in [-0.39, 0.29) is 34.1 Å². The van der Waals surface area contributed by atoms with Crippen molar-refractivity contribution in [2.75, 3.05) is 22.9 Å². The Morgan fingerprint density at radius 1 is 0.650 bits per heavy atom. The quantitative estimate of drug-likeness (QED) is 0.164. The average Bonchev–Trinajstić information content (AvgIpc) is 3.69. The van der Waals surface area contributed by atoms with Gasteiger partial charge in [0.2, 0.25) is 0 Å². The number of nitriles is 4. The minimum absolute atomic E-state index is 0.139. The summed E-state index contributed by atoms with van der Waals surface area (Å²) in [4.78, 5) is 32.7. The van der Waals surface area contributed by atoms with E-state index in [0.29, 0.717) is 34.2 Å². The van der Waals surface area contributed by atoms with Crippen molar-refractivity contribution < 1.29 is 9.59 Å². The number of unbranched alkanes of at least 4 members (excludes halogenated alkanes) is 6. The molecule has 0 aromatic carbocycles. The maximum Gasteiger partial charge on any atom is 0.261 e. The minimum atomic E-state index is -0.321. The van der Waals surface area contributed by atoms with Gasteiger partial charge in [-0.1, -0.05) is 52.4 Å². The molecule has 0 saturated carbocycles. The molecule has 0 N–H and O–H groups in total. The third kappa shape index (κ3) is 5.17. The summed E-state index contributed by atoms with van der Waals surface area (Å²) in [6, 6.07) is 11.3. The highest BCUT2D eigenvalue weighted by Crippen LogP contribution is 2.52. The maximum absolute atomic E-state index is 13.3. The second kappa shape index (κ2) is 12.8. The second-order valence-electron chi connectivity index (χ2n) is 9.63. The van der Waals surface area contributed by atoms with Gasteiger partial charge >= 0.3 is 0 Å². The highest BCUT2D eigenvalue weighted by molar-refractivity contribution is 7.24. The first-order valence-electron chi connectivity index (χ1n) is 13.5. The standard InChI is InChI=1S/C30H28N6O2S2/c1-3-5-7-9-11-35-21-13-23(39-27(21)25(29(35)37)19(15-31)16-32)24-14-22-28(40-24)26(20(17-33)18-34)30(38)36(22)12-10-8-6-4-2/h13-14H,3-12H2,1-2H3. The number of allylic oxidation sites excluding steroid dienone is 2. The van der Waals surface area contributed by atoms with Crippen LogP contribution in [-0.2, 0) is 9.59 Å². The van der Waals surface area contributed by atoms with E-state index in [1.807, 2.05) is 36.4 Å². The molecule has 2 aromatic rings. The number of amides is 2. The molecule has 0 fully saturated rings. The highest BCUT2D eigenvalue weighted by atomic mass is 32.1. The molecule has 2 aliphatic heterocycles. The SMILES string of the molecule is CCCCCCN1C(=O)C(=C(C#N)C#N)c2sc(-c3cc4c(s3)C(=C(C#N)C#N)C(=O)N4CCCCCC)cc21. The summed E-state index contributed by atoms with van der Waals surface area (Å²) in [6.07, 6.45) is 7.83. The van der Waals surface area contributed by atoms with Crippen molar-refractivity contribution in [1.82, 2.24) is 0 Å². The largest absolute Gasteiger partial charge is 0.307 e. The molecule has 0 radical (unpaired) electrons.